The van der Waals surface area contributed by atoms with E-state index in [4.69, 9.17) is 5.11 Å². The number of aliphatic hydroxyl groups is 1. The van der Waals surface area contributed by atoms with Crippen LogP contribution in [0.25, 0.3) is 0 Å². The fourth-order valence-electron chi connectivity index (χ4n) is 1.72. The third-order valence-electron chi connectivity index (χ3n) is 2.52. The van der Waals surface area contributed by atoms with Gasteiger partial charge in [0.25, 0.3) is 0 Å². The van der Waals surface area contributed by atoms with Gasteiger partial charge in [-0.1, -0.05) is 0 Å². The molecule has 0 unspecified atom stereocenters. The van der Waals surface area contributed by atoms with Crippen molar-refractivity contribution in [1.82, 2.24) is 5.32 Å². The van der Waals surface area contributed by atoms with Crippen LogP contribution < -0.4 is 5.32 Å². The van der Waals surface area contributed by atoms with Crippen molar-refractivity contribution in [2.75, 3.05) is 13.2 Å². The largest absolute Gasteiger partial charge is 0.480 e. The van der Waals surface area contributed by atoms with Gasteiger partial charge in [-0.15, -0.1) is 0 Å². The summed E-state index contributed by atoms with van der Waals surface area (Å²) in [6, 6.07) is 0.0735. The summed E-state index contributed by atoms with van der Waals surface area (Å²) in [4.78, 5) is 21.4. The molecule has 0 atom stereocenters. The molecule has 0 aromatic heterocycles. The van der Waals surface area contributed by atoms with Crippen molar-refractivity contribution in [2.45, 2.75) is 37.8 Å². The summed E-state index contributed by atoms with van der Waals surface area (Å²) in [6.45, 7) is -0.692. The third kappa shape index (κ3) is 5.09. The van der Waals surface area contributed by atoms with Crippen molar-refractivity contribution in [3.63, 3.8) is 0 Å². The molecule has 1 fully saturated rings. The number of aliphatic carboxylic acids is 1. The van der Waals surface area contributed by atoms with Crippen molar-refractivity contribution in [1.29, 1.82) is 0 Å². The molecule has 1 rings (SSSR count). The van der Waals surface area contributed by atoms with Crippen LogP contribution in [0.1, 0.15) is 25.7 Å². The first-order valence-electron chi connectivity index (χ1n) is 5.35. The second-order valence-electron chi connectivity index (χ2n) is 3.96. The van der Waals surface area contributed by atoms with Crippen molar-refractivity contribution in [2.24, 2.45) is 0 Å². The Kier molecular flexibility index (Phi) is 5.21. The summed E-state index contributed by atoms with van der Waals surface area (Å²) >= 11 is 0. The van der Waals surface area contributed by atoms with E-state index in [2.05, 4.69) is 10.1 Å². The second-order valence-corrected chi connectivity index (χ2v) is 3.96. The predicted octanol–water partition coefficient (Wildman–Crippen LogP) is -0.493. The number of carbonyl (C=O) groups is 2. The van der Waals surface area contributed by atoms with E-state index in [0.717, 1.165) is 12.8 Å². The molecule has 0 bridgehead atoms. The Balaban J connectivity index is 2.11. The predicted molar refractivity (Wildman–Crippen MR) is 54.9 cm³/mol. The molecule has 6 nitrogen and oxygen atoms in total. The smallest absolute Gasteiger partial charge is 0.329 e. The van der Waals surface area contributed by atoms with E-state index < -0.39 is 12.6 Å². The van der Waals surface area contributed by atoms with Gasteiger partial charge in [-0.2, -0.15) is 0 Å². The Morgan fingerprint density at radius 2 is 1.81 bits per heavy atom. The number of hydrogen-bond donors (Lipinski definition) is 3. The first-order chi connectivity index (χ1) is 7.58. The van der Waals surface area contributed by atoms with Crippen LogP contribution in [0.2, 0.25) is 0 Å². The summed E-state index contributed by atoms with van der Waals surface area (Å²) in [5, 5.41) is 20.3. The van der Waals surface area contributed by atoms with E-state index in [0.29, 0.717) is 12.8 Å². The first-order valence-corrected chi connectivity index (χ1v) is 5.35. The normalized spacial score (nSPS) is 25.1. The Labute approximate surface area is 93.6 Å². The Morgan fingerprint density at radius 1 is 1.19 bits per heavy atom. The summed E-state index contributed by atoms with van der Waals surface area (Å²) in [7, 11) is 0. The SMILES string of the molecule is O=C(O)COCC(=O)NC1CCC(O)CC1. The van der Waals surface area contributed by atoms with E-state index >= 15 is 0 Å². The Hall–Kier alpha value is -1.14. The number of rotatable bonds is 5. The average molecular weight is 231 g/mol. The van der Waals surface area contributed by atoms with Gasteiger partial charge >= 0.3 is 5.97 Å². The number of nitrogens with one attached hydrogen (secondary N) is 1. The molecular formula is C10H17NO5. The van der Waals surface area contributed by atoms with Crippen LogP contribution in [0, 0.1) is 0 Å². The molecule has 0 aromatic carbocycles. The summed E-state index contributed by atoms with van der Waals surface area (Å²) < 4.78 is 4.66. The van der Waals surface area contributed by atoms with E-state index in [9.17, 15) is 14.7 Å². The molecule has 0 saturated heterocycles. The lowest BCUT2D eigenvalue weighted by Crippen LogP contribution is -2.40. The Bertz CT molecular complexity index is 248. The zero-order chi connectivity index (χ0) is 12.0. The van der Waals surface area contributed by atoms with Crippen LogP contribution in [-0.2, 0) is 14.3 Å². The second kappa shape index (κ2) is 6.44. The molecule has 0 aromatic rings. The van der Waals surface area contributed by atoms with Crippen molar-refractivity contribution >= 4 is 11.9 Å². The van der Waals surface area contributed by atoms with Gasteiger partial charge in [-0.05, 0) is 25.7 Å². The zero-order valence-corrected chi connectivity index (χ0v) is 9.02. The highest BCUT2D eigenvalue weighted by Gasteiger charge is 2.20. The highest BCUT2D eigenvalue weighted by molar-refractivity contribution is 5.78. The molecule has 6 heteroatoms. The minimum Gasteiger partial charge on any atom is -0.480 e. The fraction of sp³-hybridized carbons (Fsp3) is 0.800. The molecule has 0 spiro atoms. The molecule has 1 aliphatic carbocycles. The molecule has 16 heavy (non-hydrogen) atoms. The van der Waals surface area contributed by atoms with Gasteiger partial charge in [0.1, 0.15) is 13.2 Å². The van der Waals surface area contributed by atoms with Crippen LogP contribution >= 0.6 is 0 Å². The highest BCUT2D eigenvalue weighted by Crippen LogP contribution is 2.17. The van der Waals surface area contributed by atoms with Crippen molar-refractivity contribution in [3.8, 4) is 0 Å². The number of hydrogen-bond acceptors (Lipinski definition) is 4. The number of carboxylic acid groups (broad SMARTS) is 1. The molecule has 0 radical (unpaired) electrons. The monoisotopic (exact) mass is 231 g/mol. The Morgan fingerprint density at radius 3 is 2.38 bits per heavy atom. The number of carbonyl (C=O) groups excluding carboxylic acids is 1. The zero-order valence-electron chi connectivity index (χ0n) is 9.02. The number of carboxylic acids is 1. The van der Waals surface area contributed by atoms with Crippen LogP contribution in [0.4, 0.5) is 0 Å². The molecule has 0 aliphatic heterocycles. The maximum Gasteiger partial charge on any atom is 0.329 e. The fourth-order valence-corrected chi connectivity index (χ4v) is 1.72. The van der Waals surface area contributed by atoms with Crippen LogP contribution in [0.3, 0.4) is 0 Å². The molecule has 92 valence electrons. The summed E-state index contributed by atoms with van der Waals surface area (Å²) in [6.07, 6.45) is 2.65. The average Bonchev–Trinajstić information content (AvgIpc) is 2.21. The first kappa shape index (κ1) is 12.9. The molecule has 0 heterocycles. The lowest BCUT2D eigenvalue weighted by atomic mass is 9.93. The van der Waals surface area contributed by atoms with Gasteiger partial charge < -0.3 is 20.3 Å². The van der Waals surface area contributed by atoms with Gasteiger partial charge in [-0.25, -0.2) is 4.79 Å². The van der Waals surface area contributed by atoms with Gasteiger partial charge in [0.2, 0.25) is 5.91 Å². The minimum atomic E-state index is -1.09. The molecule has 1 amide bonds. The quantitative estimate of drug-likeness (QED) is 0.593. The minimum absolute atomic E-state index is 0.0735. The molecule has 1 aliphatic rings. The van der Waals surface area contributed by atoms with E-state index in [-0.39, 0.29) is 24.7 Å². The van der Waals surface area contributed by atoms with Gasteiger partial charge in [-0.3, -0.25) is 4.79 Å². The maximum absolute atomic E-state index is 11.3. The lowest BCUT2D eigenvalue weighted by Gasteiger charge is -2.26. The lowest BCUT2D eigenvalue weighted by molar-refractivity contribution is -0.143. The number of ether oxygens (including phenoxy) is 1. The van der Waals surface area contributed by atoms with Crippen LogP contribution in [-0.4, -0.2) is 47.4 Å². The topological polar surface area (TPSA) is 95.9 Å². The number of amides is 1. The maximum atomic E-state index is 11.3. The van der Waals surface area contributed by atoms with E-state index in [1.165, 1.54) is 0 Å². The summed E-state index contributed by atoms with van der Waals surface area (Å²) in [5.74, 6) is -1.39. The van der Waals surface area contributed by atoms with Gasteiger partial charge in [0.15, 0.2) is 0 Å². The summed E-state index contributed by atoms with van der Waals surface area (Å²) in [5.41, 5.74) is 0. The highest BCUT2D eigenvalue weighted by atomic mass is 16.5. The molecular weight excluding hydrogens is 214 g/mol. The van der Waals surface area contributed by atoms with E-state index in [1.807, 2.05) is 0 Å². The van der Waals surface area contributed by atoms with Crippen LogP contribution in [0.15, 0.2) is 0 Å². The number of aliphatic hydroxyl groups excluding tert-OH is 1. The molecule has 3 N–H and O–H groups in total. The van der Waals surface area contributed by atoms with Gasteiger partial charge in [0.05, 0.1) is 6.10 Å². The van der Waals surface area contributed by atoms with Crippen LogP contribution in [0.5, 0.6) is 0 Å². The van der Waals surface area contributed by atoms with E-state index in [1.54, 1.807) is 0 Å². The van der Waals surface area contributed by atoms with Crippen molar-refractivity contribution in [3.05, 3.63) is 0 Å². The third-order valence-corrected chi connectivity index (χ3v) is 2.52. The van der Waals surface area contributed by atoms with Crippen molar-refractivity contribution < 1.29 is 24.5 Å². The standard InChI is InChI=1S/C10H17NO5/c12-8-3-1-7(2-4-8)11-9(13)5-16-6-10(14)15/h7-8,12H,1-6H2,(H,11,13)(H,14,15). The molecule has 1 saturated carbocycles. The van der Waals surface area contributed by atoms with Gasteiger partial charge in [0, 0.05) is 6.04 Å².